The lowest BCUT2D eigenvalue weighted by atomic mass is 9.83. The summed E-state index contributed by atoms with van der Waals surface area (Å²) in [6, 6.07) is 6.41. The van der Waals surface area contributed by atoms with Gasteiger partial charge in [-0.25, -0.2) is 0 Å². The molecule has 1 N–H and O–H groups in total. The normalized spacial score (nSPS) is 31.4. The zero-order chi connectivity index (χ0) is 14.1. The van der Waals surface area contributed by atoms with Gasteiger partial charge in [-0.05, 0) is 73.8 Å². The van der Waals surface area contributed by atoms with E-state index in [9.17, 15) is 0 Å². The molecular weight excluding hydrogens is 314 g/mol. The maximum absolute atomic E-state index is 4.53. The number of rotatable bonds is 4. The van der Waals surface area contributed by atoms with Crippen LogP contribution in [0, 0.1) is 5.92 Å². The van der Waals surface area contributed by atoms with Gasteiger partial charge < -0.3 is 10.2 Å². The molecule has 110 valence electrons. The Morgan fingerprint density at radius 3 is 2.60 bits per heavy atom. The van der Waals surface area contributed by atoms with Gasteiger partial charge in [0.05, 0.1) is 0 Å². The molecule has 3 unspecified atom stereocenters. The highest BCUT2D eigenvalue weighted by Gasteiger charge is 2.40. The monoisotopic (exact) mass is 337 g/mol. The van der Waals surface area contributed by atoms with E-state index in [1.54, 1.807) is 0 Å². The van der Waals surface area contributed by atoms with Crippen molar-refractivity contribution in [3.05, 3.63) is 28.5 Å². The van der Waals surface area contributed by atoms with Gasteiger partial charge in [-0.3, -0.25) is 4.98 Å². The lowest BCUT2D eigenvalue weighted by Crippen LogP contribution is -2.47. The van der Waals surface area contributed by atoms with Gasteiger partial charge in [0.25, 0.3) is 0 Å². The second-order valence-corrected chi connectivity index (χ2v) is 7.26. The zero-order valence-electron chi connectivity index (χ0n) is 12.3. The number of hydrogen-bond acceptors (Lipinski definition) is 3. The summed E-state index contributed by atoms with van der Waals surface area (Å²) in [5.74, 6) is 0.791. The van der Waals surface area contributed by atoms with E-state index < -0.39 is 0 Å². The molecule has 1 aromatic heterocycles. The number of nitrogens with one attached hydrogen (secondary N) is 1. The smallest absolute Gasteiger partial charge is 0.0420 e. The molecule has 3 atom stereocenters. The SMILES string of the molecule is CNC(Cc1ccc(Br)cn1)C1CC2CCC(C1)N2C. The van der Waals surface area contributed by atoms with Crippen molar-refractivity contribution in [3.8, 4) is 0 Å². The van der Waals surface area contributed by atoms with Crippen molar-refractivity contribution in [1.82, 2.24) is 15.2 Å². The summed E-state index contributed by atoms with van der Waals surface area (Å²) in [5, 5.41) is 3.55. The van der Waals surface area contributed by atoms with Crippen molar-refractivity contribution in [2.24, 2.45) is 5.92 Å². The van der Waals surface area contributed by atoms with Crippen LogP contribution in [0.15, 0.2) is 22.8 Å². The average molecular weight is 338 g/mol. The summed E-state index contributed by atoms with van der Waals surface area (Å²) >= 11 is 3.45. The van der Waals surface area contributed by atoms with Crippen molar-refractivity contribution >= 4 is 15.9 Å². The summed E-state index contributed by atoms with van der Waals surface area (Å²) in [6.45, 7) is 0. The minimum absolute atomic E-state index is 0.556. The summed E-state index contributed by atoms with van der Waals surface area (Å²) in [6.07, 6.45) is 8.41. The van der Waals surface area contributed by atoms with Crippen LogP contribution in [0.2, 0.25) is 0 Å². The Bertz CT molecular complexity index is 434. The first-order valence-electron chi connectivity index (χ1n) is 7.67. The molecule has 1 aromatic rings. The minimum atomic E-state index is 0.556. The number of nitrogens with zero attached hydrogens (tertiary/aromatic N) is 2. The molecule has 2 aliphatic rings. The molecule has 2 bridgehead atoms. The fourth-order valence-corrected chi connectivity index (χ4v) is 4.27. The number of aromatic nitrogens is 1. The van der Waals surface area contributed by atoms with E-state index >= 15 is 0 Å². The maximum Gasteiger partial charge on any atom is 0.0420 e. The number of halogens is 1. The molecule has 0 radical (unpaired) electrons. The highest BCUT2D eigenvalue weighted by atomic mass is 79.9. The third-order valence-electron chi connectivity index (χ3n) is 5.29. The number of hydrogen-bond donors (Lipinski definition) is 1. The van der Waals surface area contributed by atoms with Crippen LogP contribution >= 0.6 is 15.9 Å². The molecule has 0 amide bonds. The van der Waals surface area contributed by atoms with Crippen LogP contribution in [-0.4, -0.2) is 42.1 Å². The second kappa shape index (κ2) is 6.12. The first-order chi connectivity index (χ1) is 9.67. The molecule has 20 heavy (non-hydrogen) atoms. The number of pyridine rings is 1. The van der Waals surface area contributed by atoms with E-state index in [4.69, 9.17) is 0 Å². The Labute approximate surface area is 130 Å². The van der Waals surface area contributed by atoms with Crippen molar-refractivity contribution in [3.63, 3.8) is 0 Å². The van der Waals surface area contributed by atoms with Crippen LogP contribution in [-0.2, 0) is 6.42 Å². The fraction of sp³-hybridized carbons (Fsp3) is 0.688. The molecule has 3 heterocycles. The Kier molecular flexibility index (Phi) is 4.43. The van der Waals surface area contributed by atoms with E-state index in [1.165, 1.54) is 31.4 Å². The standard InChI is InChI=1S/C16H24BrN3/c1-18-16(9-13-4-3-12(17)10-19-13)11-7-14-5-6-15(8-11)20(14)2/h3-4,10-11,14-16,18H,5-9H2,1-2H3. The number of likely N-dealkylation sites (N-methyl/N-ethyl adjacent to an activating group) is 1. The zero-order valence-corrected chi connectivity index (χ0v) is 13.9. The molecular formula is C16H24BrN3. The molecule has 3 rings (SSSR count). The van der Waals surface area contributed by atoms with Crippen LogP contribution in [0.25, 0.3) is 0 Å². The Hall–Kier alpha value is -0.450. The molecule has 3 nitrogen and oxygen atoms in total. The fourth-order valence-electron chi connectivity index (χ4n) is 4.04. The van der Waals surface area contributed by atoms with Crippen LogP contribution in [0.3, 0.4) is 0 Å². The van der Waals surface area contributed by atoms with E-state index in [1.807, 2.05) is 6.20 Å². The number of fused-ring (bicyclic) bond motifs is 2. The van der Waals surface area contributed by atoms with Crippen LogP contribution < -0.4 is 5.32 Å². The molecule has 2 fully saturated rings. The van der Waals surface area contributed by atoms with Crippen LogP contribution in [0.1, 0.15) is 31.4 Å². The van der Waals surface area contributed by atoms with Crippen LogP contribution in [0.4, 0.5) is 0 Å². The highest BCUT2D eigenvalue weighted by Crippen LogP contribution is 2.39. The minimum Gasteiger partial charge on any atom is -0.316 e. The third kappa shape index (κ3) is 2.92. The van der Waals surface area contributed by atoms with Gasteiger partial charge in [0.2, 0.25) is 0 Å². The van der Waals surface area contributed by atoms with Gasteiger partial charge in [0, 0.05) is 40.9 Å². The first-order valence-corrected chi connectivity index (χ1v) is 8.46. The summed E-state index contributed by atoms with van der Waals surface area (Å²) in [5.41, 5.74) is 1.19. The van der Waals surface area contributed by atoms with Gasteiger partial charge in [-0.2, -0.15) is 0 Å². The Morgan fingerprint density at radius 1 is 1.35 bits per heavy atom. The number of piperidine rings is 1. The topological polar surface area (TPSA) is 28.2 Å². The predicted molar refractivity (Wildman–Crippen MR) is 85.8 cm³/mol. The molecule has 2 aliphatic heterocycles. The molecule has 0 spiro atoms. The first kappa shape index (κ1) is 14.5. The molecule has 0 aliphatic carbocycles. The predicted octanol–water partition coefficient (Wildman–Crippen LogP) is 2.85. The quantitative estimate of drug-likeness (QED) is 0.915. The van der Waals surface area contributed by atoms with E-state index in [-0.39, 0.29) is 0 Å². The third-order valence-corrected chi connectivity index (χ3v) is 5.76. The molecule has 0 aromatic carbocycles. The molecule has 0 saturated carbocycles. The van der Waals surface area contributed by atoms with E-state index in [2.05, 4.69) is 57.4 Å². The molecule has 4 heteroatoms. The van der Waals surface area contributed by atoms with Crippen molar-refractivity contribution in [2.45, 2.75) is 50.2 Å². The van der Waals surface area contributed by atoms with E-state index in [0.717, 1.165) is 28.9 Å². The Morgan fingerprint density at radius 2 is 2.05 bits per heavy atom. The maximum atomic E-state index is 4.53. The van der Waals surface area contributed by atoms with E-state index in [0.29, 0.717) is 6.04 Å². The second-order valence-electron chi connectivity index (χ2n) is 6.35. The van der Waals surface area contributed by atoms with Crippen LogP contribution in [0.5, 0.6) is 0 Å². The van der Waals surface area contributed by atoms with Gasteiger partial charge in [0.1, 0.15) is 0 Å². The van der Waals surface area contributed by atoms with Gasteiger partial charge in [-0.1, -0.05) is 0 Å². The van der Waals surface area contributed by atoms with Gasteiger partial charge in [0.15, 0.2) is 0 Å². The summed E-state index contributed by atoms with van der Waals surface area (Å²) in [4.78, 5) is 7.14. The highest BCUT2D eigenvalue weighted by molar-refractivity contribution is 9.10. The van der Waals surface area contributed by atoms with Crippen molar-refractivity contribution in [1.29, 1.82) is 0 Å². The largest absolute Gasteiger partial charge is 0.316 e. The summed E-state index contributed by atoms with van der Waals surface area (Å²) < 4.78 is 1.06. The molecule has 2 saturated heterocycles. The lowest BCUT2D eigenvalue weighted by Gasteiger charge is -2.39. The van der Waals surface area contributed by atoms with Crippen molar-refractivity contribution < 1.29 is 0 Å². The van der Waals surface area contributed by atoms with Crippen molar-refractivity contribution in [2.75, 3.05) is 14.1 Å². The lowest BCUT2D eigenvalue weighted by molar-refractivity contribution is 0.114. The van der Waals surface area contributed by atoms with Gasteiger partial charge >= 0.3 is 0 Å². The average Bonchev–Trinajstić information content (AvgIpc) is 2.67. The summed E-state index contributed by atoms with van der Waals surface area (Å²) in [7, 11) is 4.41. The van der Waals surface area contributed by atoms with Gasteiger partial charge in [-0.15, -0.1) is 0 Å². The Balaban J connectivity index is 1.66.